The van der Waals surface area contributed by atoms with Crippen LogP contribution in [0.3, 0.4) is 0 Å². The maximum Gasteiger partial charge on any atom is 0.157 e. The molecule has 0 aliphatic heterocycles. The highest BCUT2D eigenvalue weighted by Gasteiger charge is 2.13. The fourth-order valence-corrected chi connectivity index (χ4v) is 2.96. The van der Waals surface area contributed by atoms with Gasteiger partial charge < -0.3 is 5.32 Å². The Bertz CT molecular complexity index is 773. The van der Waals surface area contributed by atoms with Gasteiger partial charge in [-0.05, 0) is 40.4 Å². The Balaban J connectivity index is 1.83. The Hall–Kier alpha value is -2.20. The van der Waals surface area contributed by atoms with Crippen molar-refractivity contribution in [3.63, 3.8) is 0 Å². The van der Waals surface area contributed by atoms with Crippen LogP contribution in [0, 0.1) is 6.92 Å². The van der Waals surface area contributed by atoms with E-state index in [2.05, 4.69) is 67.8 Å². The van der Waals surface area contributed by atoms with E-state index in [4.69, 9.17) is 0 Å². The molecule has 0 aliphatic rings. The van der Waals surface area contributed by atoms with Crippen molar-refractivity contribution in [2.75, 3.05) is 11.9 Å². The number of hydrogen-bond donors (Lipinski definition) is 1. The number of halogens is 1. The van der Waals surface area contributed by atoms with Crippen molar-refractivity contribution in [3.8, 4) is 11.1 Å². The van der Waals surface area contributed by atoms with Gasteiger partial charge in [0, 0.05) is 12.1 Å². The number of aromatic nitrogens is 2. The smallest absolute Gasteiger partial charge is 0.157 e. The number of rotatable bonds is 5. The summed E-state index contributed by atoms with van der Waals surface area (Å²) < 4.78 is 0.987. The van der Waals surface area contributed by atoms with Gasteiger partial charge in [-0.1, -0.05) is 60.7 Å². The lowest BCUT2D eigenvalue weighted by Gasteiger charge is -2.13. The van der Waals surface area contributed by atoms with Crippen molar-refractivity contribution in [2.24, 2.45) is 0 Å². The average molecular weight is 368 g/mol. The van der Waals surface area contributed by atoms with Crippen LogP contribution in [-0.4, -0.2) is 16.7 Å². The predicted molar refractivity (Wildman–Crippen MR) is 98.5 cm³/mol. The molecule has 0 radical (unpaired) electrons. The molecule has 1 heterocycles. The third-order valence-corrected chi connectivity index (χ3v) is 4.66. The standard InChI is InChI=1S/C19H18BrN3/c1-14-18(20)17(16-10-6-3-7-11-16)19(23-22-14)21-13-12-15-8-4-2-5-9-15/h2-11H,12-13H2,1H3,(H,21,23). The Kier molecular flexibility index (Phi) is 5.03. The Morgan fingerprint density at radius 3 is 2.26 bits per heavy atom. The van der Waals surface area contributed by atoms with Gasteiger partial charge in [0.15, 0.2) is 5.82 Å². The van der Waals surface area contributed by atoms with E-state index in [1.54, 1.807) is 0 Å². The van der Waals surface area contributed by atoms with Crippen LogP contribution >= 0.6 is 15.9 Å². The molecule has 0 atom stereocenters. The van der Waals surface area contributed by atoms with E-state index in [1.165, 1.54) is 5.56 Å². The number of hydrogen-bond acceptors (Lipinski definition) is 3. The molecule has 1 N–H and O–H groups in total. The molecule has 0 aliphatic carbocycles. The monoisotopic (exact) mass is 367 g/mol. The van der Waals surface area contributed by atoms with Gasteiger partial charge >= 0.3 is 0 Å². The zero-order valence-corrected chi connectivity index (χ0v) is 14.5. The molecule has 116 valence electrons. The zero-order valence-electron chi connectivity index (χ0n) is 13.0. The van der Waals surface area contributed by atoms with Crippen molar-refractivity contribution in [1.29, 1.82) is 0 Å². The van der Waals surface area contributed by atoms with E-state index >= 15 is 0 Å². The molecule has 0 unspecified atom stereocenters. The maximum atomic E-state index is 4.36. The minimum atomic E-state index is 0.810. The second kappa shape index (κ2) is 7.38. The van der Waals surface area contributed by atoms with E-state index in [0.717, 1.165) is 40.1 Å². The topological polar surface area (TPSA) is 37.8 Å². The predicted octanol–water partition coefficient (Wildman–Crippen LogP) is 4.87. The van der Waals surface area contributed by atoms with Gasteiger partial charge in [0.2, 0.25) is 0 Å². The molecule has 0 amide bonds. The van der Waals surface area contributed by atoms with Crippen LogP contribution in [0.4, 0.5) is 5.82 Å². The number of anilines is 1. The zero-order chi connectivity index (χ0) is 16.1. The quantitative estimate of drug-likeness (QED) is 0.698. The van der Waals surface area contributed by atoms with Crippen LogP contribution in [-0.2, 0) is 6.42 Å². The van der Waals surface area contributed by atoms with E-state index in [0.29, 0.717) is 0 Å². The van der Waals surface area contributed by atoms with Crippen LogP contribution in [0.1, 0.15) is 11.3 Å². The summed E-state index contributed by atoms with van der Waals surface area (Å²) in [4.78, 5) is 0. The summed E-state index contributed by atoms with van der Waals surface area (Å²) >= 11 is 3.66. The highest BCUT2D eigenvalue weighted by atomic mass is 79.9. The first-order valence-corrected chi connectivity index (χ1v) is 8.41. The van der Waals surface area contributed by atoms with Crippen LogP contribution < -0.4 is 5.32 Å². The first-order valence-electron chi connectivity index (χ1n) is 7.61. The van der Waals surface area contributed by atoms with Gasteiger partial charge in [-0.15, -0.1) is 5.10 Å². The van der Waals surface area contributed by atoms with Crippen molar-refractivity contribution in [1.82, 2.24) is 10.2 Å². The van der Waals surface area contributed by atoms with Crippen molar-refractivity contribution in [2.45, 2.75) is 13.3 Å². The highest BCUT2D eigenvalue weighted by Crippen LogP contribution is 2.34. The summed E-state index contributed by atoms with van der Waals surface area (Å²) in [7, 11) is 0. The third kappa shape index (κ3) is 3.77. The molecule has 23 heavy (non-hydrogen) atoms. The Labute approximate surface area is 144 Å². The summed E-state index contributed by atoms with van der Waals surface area (Å²) in [5.41, 5.74) is 4.38. The SMILES string of the molecule is Cc1nnc(NCCc2ccccc2)c(-c2ccccc2)c1Br. The van der Waals surface area contributed by atoms with Gasteiger partial charge in [0.1, 0.15) is 0 Å². The molecule has 1 aromatic heterocycles. The van der Waals surface area contributed by atoms with Gasteiger partial charge in [0.25, 0.3) is 0 Å². The van der Waals surface area contributed by atoms with Gasteiger partial charge in [-0.2, -0.15) is 5.10 Å². The van der Waals surface area contributed by atoms with E-state index in [9.17, 15) is 0 Å². The van der Waals surface area contributed by atoms with Crippen molar-refractivity contribution in [3.05, 3.63) is 76.4 Å². The fourth-order valence-electron chi connectivity index (χ4n) is 2.47. The molecule has 0 bridgehead atoms. The minimum absolute atomic E-state index is 0.810. The van der Waals surface area contributed by atoms with Crippen LogP contribution in [0.5, 0.6) is 0 Å². The molecule has 0 saturated heterocycles. The Morgan fingerprint density at radius 1 is 0.913 bits per heavy atom. The number of benzene rings is 2. The first-order chi connectivity index (χ1) is 11.3. The second-order valence-corrected chi connectivity index (χ2v) is 6.14. The number of nitrogens with zero attached hydrogens (tertiary/aromatic N) is 2. The summed E-state index contributed by atoms with van der Waals surface area (Å²) in [6.07, 6.45) is 0.947. The summed E-state index contributed by atoms with van der Waals surface area (Å²) in [5.74, 6) is 0.810. The minimum Gasteiger partial charge on any atom is -0.368 e. The maximum absolute atomic E-state index is 4.36. The fraction of sp³-hybridized carbons (Fsp3) is 0.158. The second-order valence-electron chi connectivity index (χ2n) is 5.35. The summed E-state index contributed by atoms with van der Waals surface area (Å²) in [6, 6.07) is 20.7. The molecule has 3 aromatic rings. The molecule has 3 nitrogen and oxygen atoms in total. The molecule has 0 spiro atoms. The molecule has 0 saturated carbocycles. The van der Waals surface area contributed by atoms with E-state index in [-0.39, 0.29) is 0 Å². The largest absolute Gasteiger partial charge is 0.368 e. The lowest BCUT2D eigenvalue weighted by molar-refractivity contribution is 0.941. The molecular formula is C19H18BrN3. The van der Waals surface area contributed by atoms with Crippen molar-refractivity contribution >= 4 is 21.7 Å². The average Bonchev–Trinajstić information content (AvgIpc) is 2.60. The van der Waals surface area contributed by atoms with Crippen LogP contribution in [0.2, 0.25) is 0 Å². The van der Waals surface area contributed by atoms with E-state index in [1.807, 2.05) is 31.2 Å². The third-order valence-electron chi connectivity index (χ3n) is 3.69. The summed E-state index contributed by atoms with van der Waals surface area (Å²) in [5, 5.41) is 12.0. The van der Waals surface area contributed by atoms with Gasteiger partial charge in [0.05, 0.1) is 10.2 Å². The Morgan fingerprint density at radius 2 is 1.57 bits per heavy atom. The number of nitrogens with one attached hydrogen (secondary N) is 1. The van der Waals surface area contributed by atoms with Crippen molar-refractivity contribution < 1.29 is 0 Å². The van der Waals surface area contributed by atoms with Crippen LogP contribution in [0.25, 0.3) is 11.1 Å². The van der Waals surface area contributed by atoms with Gasteiger partial charge in [-0.3, -0.25) is 0 Å². The van der Waals surface area contributed by atoms with Gasteiger partial charge in [-0.25, -0.2) is 0 Å². The van der Waals surface area contributed by atoms with E-state index < -0.39 is 0 Å². The summed E-state index contributed by atoms with van der Waals surface area (Å²) in [6.45, 7) is 2.77. The molecule has 0 fully saturated rings. The number of aryl methyl sites for hydroxylation is 1. The normalized spacial score (nSPS) is 10.5. The molecular weight excluding hydrogens is 350 g/mol. The highest BCUT2D eigenvalue weighted by molar-refractivity contribution is 9.10. The first kappa shape index (κ1) is 15.7. The molecule has 2 aromatic carbocycles. The van der Waals surface area contributed by atoms with Crippen LogP contribution in [0.15, 0.2) is 65.1 Å². The molecule has 3 rings (SSSR count). The molecule has 4 heteroatoms. The lowest BCUT2D eigenvalue weighted by atomic mass is 10.1. The lowest BCUT2D eigenvalue weighted by Crippen LogP contribution is -2.09.